The fourth-order valence-electron chi connectivity index (χ4n) is 2.00. The van der Waals surface area contributed by atoms with Crippen molar-refractivity contribution in [3.8, 4) is 5.75 Å². The van der Waals surface area contributed by atoms with Crippen LogP contribution in [0.5, 0.6) is 5.75 Å². The molecule has 0 N–H and O–H groups in total. The Balaban J connectivity index is 1.92. The molecule has 2 aromatic rings. The standard InChI is InChI=1S/C18H19ClO2/c1-13-3-8-16(18(19)11-13)12-21-17-9-6-15(7-10-17)5-4-14(2)20/h3,6-11H,4-5,12H2,1-2H3. The fourth-order valence-corrected chi connectivity index (χ4v) is 2.29. The maximum absolute atomic E-state index is 11.0. The average Bonchev–Trinajstić information content (AvgIpc) is 2.45. The Bertz CT molecular complexity index is 618. The lowest BCUT2D eigenvalue weighted by atomic mass is 10.1. The lowest BCUT2D eigenvalue weighted by Gasteiger charge is -2.09. The van der Waals surface area contributed by atoms with Gasteiger partial charge in [-0.05, 0) is 49.6 Å². The minimum atomic E-state index is 0.212. The van der Waals surface area contributed by atoms with Gasteiger partial charge in [0.1, 0.15) is 18.1 Å². The van der Waals surface area contributed by atoms with Crippen LogP contribution in [0.25, 0.3) is 0 Å². The molecule has 0 radical (unpaired) electrons. The van der Waals surface area contributed by atoms with Crippen LogP contribution in [0.1, 0.15) is 30.0 Å². The summed E-state index contributed by atoms with van der Waals surface area (Å²) in [5, 5.41) is 0.730. The summed E-state index contributed by atoms with van der Waals surface area (Å²) in [5.74, 6) is 1.02. The smallest absolute Gasteiger partial charge is 0.130 e. The number of halogens is 1. The second-order valence-electron chi connectivity index (χ2n) is 5.23. The van der Waals surface area contributed by atoms with E-state index in [1.807, 2.05) is 49.4 Å². The van der Waals surface area contributed by atoms with E-state index in [1.165, 1.54) is 0 Å². The first kappa shape index (κ1) is 15.6. The van der Waals surface area contributed by atoms with Crippen LogP contribution < -0.4 is 4.74 Å². The zero-order valence-corrected chi connectivity index (χ0v) is 13.1. The molecule has 0 aromatic heterocycles. The van der Waals surface area contributed by atoms with E-state index in [-0.39, 0.29) is 5.78 Å². The number of ketones is 1. The fraction of sp³-hybridized carbons (Fsp3) is 0.278. The van der Waals surface area contributed by atoms with Crippen LogP contribution in [0.4, 0.5) is 0 Å². The zero-order chi connectivity index (χ0) is 15.2. The number of ether oxygens (including phenoxy) is 1. The second-order valence-corrected chi connectivity index (χ2v) is 5.64. The Labute approximate surface area is 130 Å². The number of carbonyl (C=O) groups excluding carboxylic acids is 1. The van der Waals surface area contributed by atoms with Gasteiger partial charge in [-0.15, -0.1) is 0 Å². The van der Waals surface area contributed by atoms with Crippen LogP contribution in [0.2, 0.25) is 5.02 Å². The molecule has 0 fully saturated rings. The van der Waals surface area contributed by atoms with Crippen LogP contribution in [-0.4, -0.2) is 5.78 Å². The molecule has 0 aliphatic heterocycles. The molecule has 0 saturated heterocycles. The maximum Gasteiger partial charge on any atom is 0.130 e. The van der Waals surface area contributed by atoms with Crippen molar-refractivity contribution in [3.05, 3.63) is 64.2 Å². The summed E-state index contributed by atoms with van der Waals surface area (Å²) in [6.45, 7) is 4.07. The van der Waals surface area contributed by atoms with Gasteiger partial charge in [0.15, 0.2) is 0 Å². The third-order valence-corrected chi connectivity index (χ3v) is 3.64. The van der Waals surface area contributed by atoms with E-state index in [0.717, 1.165) is 33.9 Å². The predicted octanol–water partition coefficient (Wildman–Crippen LogP) is 4.75. The molecule has 2 rings (SSSR count). The van der Waals surface area contributed by atoms with Crippen molar-refractivity contribution < 1.29 is 9.53 Å². The first-order valence-electron chi connectivity index (χ1n) is 7.01. The molecular formula is C18H19ClO2. The highest BCUT2D eigenvalue weighted by Crippen LogP contribution is 2.20. The Hall–Kier alpha value is -1.80. The third kappa shape index (κ3) is 4.91. The van der Waals surface area contributed by atoms with Gasteiger partial charge >= 0.3 is 0 Å². The maximum atomic E-state index is 11.0. The lowest BCUT2D eigenvalue weighted by molar-refractivity contribution is -0.116. The monoisotopic (exact) mass is 302 g/mol. The number of carbonyl (C=O) groups is 1. The van der Waals surface area contributed by atoms with Gasteiger partial charge in [0.05, 0.1) is 0 Å². The largest absolute Gasteiger partial charge is 0.489 e. The molecule has 0 saturated carbocycles. The highest BCUT2D eigenvalue weighted by molar-refractivity contribution is 6.31. The third-order valence-electron chi connectivity index (χ3n) is 3.29. The van der Waals surface area contributed by atoms with E-state index < -0.39 is 0 Å². The van der Waals surface area contributed by atoms with E-state index in [0.29, 0.717) is 13.0 Å². The molecular weight excluding hydrogens is 284 g/mol. The molecule has 0 amide bonds. The summed E-state index contributed by atoms with van der Waals surface area (Å²) < 4.78 is 5.74. The SMILES string of the molecule is CC(=O)CCc1ccc(OCc2ccc(C)cc2Cl)cc1. The summed E-state index contributed by atoms with van der Waals surface area (Å²) in [4.78, 5) is 11.0. The molecule has 0 aliphatic carbocycles. The number of rotatable bonds is 6. The molecule has 21 heavy (non-hydrogen) atoms. The number of aryl methyl sites for hydroxylation is 2. The summed E-state index contributed by atoms with van der Waals surface area (Å²) in [6, 6.07) is 13.8. The Kier molecular flexibility index (Phi) is 5.40. The Morgan fingerprint density at radius 2 is 1.86 bits per heavy atom. The van der Waals surface area contributed by atoms with Gasteiger partial charge in [-0.25, -0.2) is 0 Å². The van der Waals surface area contributed by atoms with Crippen molar-refractivity contribution in [2.45, 2.75) is 33.3 Å². The van der Waals surface area contributed by atoms with E-state index in [4.69, 9.17) is 16.3 Å². The van der Waals surface area contributed by atoms with Gasteiger partial charge in [0, 0.05) is 17.0 Å². The predicted molar refractivity (Wildman–Crippen MR) is 86.0 cm³/mol. The number of hydrogen-bond acceptors (Lipinski definition) is 2. The van der Waals surface area contributed by atoms with Gasteiger partial charge in [-0.2, -0.15) is 0 Å². The molecule has 2 aromatic carbocycles. The highest BCUT2D eigenvalue weighted by Gasteiger charge is 2.02. The minimum absolute atomic E-state index is 0.212. The van der Waals surface area contributed by atoms with E-state index in [1.54, 1.807) is 6.92 Å². The number of Topliss-reactive ketones (excluding diaryl/α,β-unsaturated/α-hetero) is 1. The van der Waals surface area contributed by atoms with E-state index >= 15 is 0 Å². The molecule has 2 nitrogen and oxygen atoms in total. The first-order chi connectivity index (χ1) is 10.0. The zero-order valence-electron chi connectivity index (χ0n) is 12.4. The van der Waals surface area contributed by atoms with Crippen molar-refractivity contribution in [2.24, 2.45) is 0 Å². The molecule has 110 valence electrons. The van der Waals surface area contributed by atoms with Crippen LogP contribution in [0, 0.1) is 6.92 Å². The number of benzene rings is 2. The molecule has 0 atom stereocenters. The van der Waals surface area contributed by atoms with Crippen LogP contribution in [-0.2, 0) is 17.8 Å². The van der Waals surface area contributed by atoms with Crippen LogP contribution in [0.3, 0.4) is 0 Å². The van der Waals surface area contributed by atoms with Gasteiger partial charge in [0.2, 0.25) is 0 Å². The Morgan fingerprint density at radius 3 is 2.48 bits per heavy atom. The first-order valence-corrected chi connectivity index (χ1v) is 7.38. The summed E-state index contributed by atoms with van der Waals surface area (Å²) in [5.41, 5.74) is 3.26. The molecule has 0 bridgehead atoms. The summed E-state index contributed by atoms with van der Waals surface area (Å²) in [7, 11) is 0. The molecule has 3 heteroatoms. The van der Waals surface area contributed by atoms with Crippen molar-refractivity contribution in [1.29, 1.82) is 0 Å². The average molecular weight is 303 g/mol. The van der Waals surface area contributed by atoms with E-state index in [2.05, 4.69) is 0 Å². The van der Waals surface area contributed by atoms with Crippen LogP contribution >= 0.6 is 11.6 Å². The quantitative estimate of drug-likeness (QED) is 0.770. The normalized spacial score (nSPS) is 10.4. The van der Waals surface area contributed by atoms with Crippen molar-refractivity contribution in [1.82, 2.24) is 0 Å². The molecule has 0 aliphatic rings. The van der Waals surface area contributed by atoms with E-state index in [9.17, 15) is 4.79 Å². The molecule has 0 heterocycles. The van der Waals surface area contributed by atoms with Crippen molar-refractivity contribution in [2.75, 3.05) is 0 Å². The van der Waals surface area contributed by atoms with Gasteiger partial charge < -0.3 is 9.53 Å². The molecule has 0 unspecified atom stereocenters. The van der Waals surface area contributed by atoms with Crippen LogP contribution in [0.15, 0.2) is 42.5 Å². The highest BCUT2D eigenvalue weighted by atomic mass is 35.5. The van der Waals surface area contributed by atoms with Gasteiger partial charge in [-0.1, -0.05) is 35.9 Å². The molecule has 0 spiro atoms. The number of hydrogen-bond donors (Lipinski definition) is 0. The minimum Gasteiger partial charge on any atom is -0.489 e. The summed E-state index contributed by atoms with van der Waals surface area (Å²) >= 11 is 6.18. The summed E-state index contributed by atoms with van der Waals surface area (Å²) in [6.07, 6.45) is 1.36. The topological polar surface area (TPSA) is 26.3 Å². The van der Waals surface area contributed by atoms with Crippen molar-refractivity contribution in [3.63, 3.8) is 0 Å². The second kappa shape index (κ2) is 7.28. The van der Waals surface area contributed by atoms with Crippen molar-refractivity contribution >= 4 is 17.4 Å². The lowest BCUT2D eigenvalue weighted by Crippen LogP contribution is -1.97. The van der Waals surface area contributed by atoms with Gasteiger partial charge in [-0.3, -0.25) is 0 Å². The van der Waals surface area contributed by atoms with Gasteiger partial charge in [0.25, 0.3) is 0 Å². The Morgan fingerprint density at radius 1 is 1.14 bits per heavy atom.